The van der Waals surface area contributed by atoms with Crippen LogP contribution in [0.3, 0.4) is 0 Å². The highest BCUT2D eigenvalue weighted by atomic mass is 16.5. The van der Waals surface area contributed by atoms with Crippen LogP contribution >= 0.6 is 0 Å². The van der Waals surface area contributed by atoms with Gasteiger partial charge in [-0.3, -0.25) is 10.00 Å². The lowest BCUT2D eigenvalue weighted by Crippen LogP contribution is -2.15. The summed E-state index contributed by atoms with van der Waals surface area (Å²) in [5.74, 6) is 0.760. The minimum Gasteiger partial charge on any atom is -0.496 e. The molecule has 0 atom stereocenters. The Kier molecular flexibility index (Phi) is 5.62. The average Bonchev–Trinajstić information content (AvgIpc) is 3.35. The number of amides is 1. The number of carbonyl (C=O) groups is 1. The lowest BCUT2D eigenvalue weighted by Gasteiger charge is -2.08. The van der Waals surface area contributed by atoms with Crippen LogP contribution in [0.4, 0.5) is 10.5 Å². The quantitative estimate of drug-likeness (QED) is 0.497. The first kappa shape index (κ1) is 20.5. The molecule has 2 heterocycles. The molecule has 1 N–H and O–H groups in total. The number of anilines is 1. The monoisotopic (exact) mass is 419 g/mol. The molecular weight excluding hydrogens is 394 g/mol. The van der Waals surface area contributed by atoms with Gasteiger partial charge >= 0.3 is 6.09 Å². The van der Waals surface area contributed by atoms with E-state index in [1.54, 1.807) is 13.4 Å². The maximum Gasteiger partial charge on any atom is 0.412 e. The summed E-state index contributed by atoms with van der Waals surface area (Å²) >= 11 is 0. The first-order chi connectivity index (χ1) is 15.0. The Morgan fingerprint density at radius 1 is 1.16 bits per heavy atom. The number of imidazole rings is 1. The van der Waals surface area contributed by atoms with Crippen molar-refractivity contribution in [1.82, 2.24) is 19.3 Å². The first-order valence-corrected chi connectivity index (χ1v) is 10.0. The van der Waals surface area contributed by atoms with Crippen molar-refractivity contribution in [1.29, 1.82) is 0 Å². The number of methoxy groups -OCH3 is 1. The molecule has 4 rings (SSSR count). The molecule has 0 aliphatic rings. The Hall–Kier alpha value is -3.81. The third-order valence-corrected chi connectivity index (χ3v) is 5.12. The minimum atomic E-state index is -0.534. The number of fused-ring (bicyclic) bond motifs is 1. The van der Waals surface area contributed by atoms with Crippen LogP contribution in [-0.2, 0) is 24.9 Å². The number of rotatable bonds is 6. The molecular formula is C23H25N5O3. The molecule has 8 heteroatoms. The predicted molar refractivity (Wildman–Crippen MR) is 119 cm³/mol. The van der Waals surface area contributed by atoms with Gasteiger partial charge in [-0.05, 0) is 55.8 Å². The van der Waals surface area contributed by atoms with E-state index in [9.17, 15) is 4.79 Å². The Morgan fingerprint density at radius 2 is 2.00 bits per heavy atom. The fourth-order valence-electron chi connectivity index (χ4n) is 3.49. The number of ether oxygens (including phenoxy) is 2. The van der Waals surface area contributed by atoms with Crippen molar-refractivity contribution < 1.29 is 14.3 Å². The number of hydrogen-bond donors (Lipinski definition) is 1. The fourth-order valence-corrected chi connectivity index (χ4v) is 3.49. The lowest BCUT2D eigenvalue weighted by atomic mass is 10.1. The third kappa shape index (κ3) is 4.23. The van der Waals surface area contributed by atoms with Gasteiger partial charge in [-0.15, -0.1) is 0 Å². The molecule has 0 fully saturated rings. The summed E-state index contributed by atoms with van der Waals surface area (Å²) in [6.07, 6.45) is 1.20. The maximum atomic E-state index is 12.3. The van der Waals surface area contributed by atoms with Crippen molar-refractivity contribution in [2.24, 2.45) is 7.05 Å². The Balaban J connectivity index is 1.47. The van der Waals surface area contributed by atoms with E-state index in [2.05, 4.69) is 15.4 Å². The number of benzene rings is 2. The van der Waals surface area contributed by atoms with Crippen LogP contribution in [0.25, 0.3) is 22.3 Å². The van der Waals surface area contributed by atoms with Gasteiger partial charge in [0.2, 0.25) is 0 Å². The number of aromatic nitrogens is 4. The molecule has 0 saturated heterocycles. The molecule has 2 aromatic heterocycles. The SMILES string of the molecule is CCn1nc(-c2ccc(C)cc2OC)cc1COC(=O)Nc1ccc2c(c1)ncn2C. The number of carbonyl (C=O) groups excluding carboxylic acids is 1. The zero-order valence-corrected chi connectivity index (χ0v) is 18.0. The van der Waals surface area contributed by atoms with Crippen molar-refractivity contribution in [2.45, 2.75) is 27.0 Å². The standard InChI is InChI=1S/C23H25N5O3/c1-5-28-17(12-19(26-28)18-8-6-15(2)10-22(18)30-4)13-31-23(29)25-16-7-9-21-20(11-16)24-14-27(21)3/h6-12,14H,5,13H2,1-4H3,(H,25,29). The number of hydrogen-bond acceptors (Lipinski definition) is 5. The number of aryl methyl sites for hydroxylation is 3. The Labute approximate surface area is 180 Å². The summed E-state index contributed by atoms with van der Waals surface area (Å²) in [6.45, 7) is 4.77. The van der Waals surface area contributed by atoms with Crippen LogP contribution in [-0.4, -0.2) is 32.5 Å². The highest BCUT2D eigenvalue weighted by Crippen LogP contribution is 2.30. The van der Waals surface area contributed by atoms with Crippen LogP contribution in [0.15, 0.2) is 48.8 Å². The molecule has 0 aliphatic heterocycles. The van der Waals surface area contributed by atoms with Gasteiger partial charge in [0.1, 0.15) is 12.4 Å². The molecule has 2 aromatic carbocycles. The molecule has 8 nitrogen and oxygen atoms in total. The molecule has 0 spiro atoms. The fraction of sp³-hybridized carbons (Fsp3) is 0.261. The van der Waals surface area contributed by atoms with E-state index in [1.807, 2.05) is 72.6 Å². The molecule has 31 heavy (non-hydrogen) atoms. The van der Waals surface area contributed by atoms with Gasteiger partial charge in [-0.1, -0.05) is 6.07 Å². The second kappa shape index (κ2) is 8.51. The lowest BCUT2D eigenvalue weighted by molar-refractivity contribution is 0.151. The highest BCUT2D eigenvalue weighted by Gasteiger charge is 2.15. The van der Waals surface area contributed by atoms with Gasteiger partial charge < -0.3 is 14.0 Å². The zero-order valence-electron chi connectivity index (χ0n) is 18.0. The molecule has 0 saturated carbocycles. The predicted octanol–water partition coefficient (Wildman–Crippen LogP) is 4.52. The van der Waals surface area contributed by atoms with Crippen molar-refractivity contribution in [3.05, 3.63) is 60.0 Å². The summed E-state index contributed by atoms with van der Waals surface area (Å²) in [7, 11) is 3.57. The van der Waals surface area contributed by atoms with Crippen LogP contribution in [0.2, 0.25) is 0 Å². The topological polar surface area (TPSA) is 83.2 Å². The highest BCUT2D eigenvalue weighted by molar-refractivity contribution is 5.88. The van der Waals surface area contributed by atoms with E-state index in [0.29, 0.717) is 12.2 Å². The van der Waals surface area contributed by atoms with Gasteiger partial charge in [-0.25, -0.2) is 9.78 Å². The smallest absolute Gasteiger partial charge is 0.412 e. The summed E-state index contributed by atoms with van der Waals surface area (Å²) in [4.78, 5) is 16.6. The van der Waals surface area contributed by atoms with Gasteiger partial charge in [0.15, 0.2) is 0 Å². The summed E-state index contributed by atoms with van der Waals surface area (Å²) in [6, 6.07) is 13.4. The second-order valence-electron chi connectivity index (χ2n) is 7.30. The molecule has 0 aliphatic carbocycles. The van der Waals surface area contributed by atoms with E-state index in [-0.39, 0.29) is 6.61 Å². The summed E-state index contributed by atoms with van der Waals surface area (Å²) in [5, 5.41) is 7.40. The Bertz CT molecular complexity index is 1240. The van der Waals surface area contributed by atoms with Crippen LogP contribution in [0, 0.1) is 6.92 Å². The van der Waals surface area contributed by atoms with Crippen LogP contribution in [0.1, 0.15) is 18.2 Å². The van der Waals surface area contributed by atoms with Crippen molar-refractivity contribution in [2.75, 3.05) is 12.4 Å². The van der Waals surface area contributed by atoms with Crippen molar-refractivity contribution in [3.8, 4) is 17.0 Å². The molecule has 0 radical (unpaired) electrons. The zero-order chi connectivity index (χ0) is 22.0. The third-order valence-electron chi connectivity index (χ3n) is 5.12. The van der Waals surface area contributed by atoms with E-state index < -0.39 is 6.09 Å². The van der Waals surface area contributed by atoms with E-state index in [4.69, 9.17) is 9.47 Å². The molecule has 0 bridgehead atoms. The van der Waals surface area contributed by atoms with E-state index in [0.717, 1.165) is 39.3 Å². The van der Waals surface area contributed by atoms with Gasteiger partial charge in [0.05, 0.1) is 35.9 Å². The summed E-state index contributed by atoms with van der Waals surface area (Å²) < 4.78 is 14.7. The summed E-state index contributed by atoms with van der Waals surface area (Å²) in [5.41, 5.74) is 6.01. The van der Waals surface area contributed by atoms with Crippen molar-refractivity contribution in [3.63, 3.8) is 0 Å². The van der Waals surface area contributed by atoms with Crippen LogP contribution in [0.5, 0.6) is 5.75 Å². The molecule has 4 aromatic rings. The van der Waals surface area contributed by atoms with E-state index in [1.165, 1.54) is 0 Å². The number of nitrogens with zero attached hydrogens (tertiary/aromatic N) is 4. The van der Waals surface area contributed by atoms with Gasteiger partial charge in [0.25, 0.3) is 0 Å². The normalized spacial score (nSPS) is 11.0. The molecule has 0 unspecified atom stereocenters. The minimum absolute atomic E-state index is 0.104. The largest absolute Gasteiger partial charge is 0.496 e. The van der Waals surface area contributed by atoms with Gasteiger partial charge in [0, 0.05) is 24.8 Å². The van der Waals surface area contributed by atoms with Crippen molar-refractivity contribution >= 4 is 22.8 Å². The first-order valence-electron chi connectivity index (χ1n) is 10.0. The molecule has 1 amide bonds. The van der Waals surface area contributed by atoms with Crippen LogP contribution < -0.4 is 10.1 Å². The van der Waals surface area contributed by atoms with Gasteiger partial charge in [-0.2, -0.15) is 5.10 Å². The maximum absolute atomic E-state index is 12.3. The number of nitrogens with one attached hydrogen (secondary N) is 1. The second-order valence-corrected chi connectivity index (χ2v) is 7.30. The average molecular weight is 419 g/mol. The Morgan fingerprint density at radius 3 is 2.77 bits per heavy atom. The van der Waals surface area contributed by atoms with E-state index >= 15 is 0 Å². The molecule has 160 valence electrons.